The normalized spacial score (nSPS) is 11.2. The summed E-state index contributed by atoms with van der Waals surface area (Å²) in [5.74, 6) is 0. The lowest BCUT2D eigenvalue weighted by atomic mass is 10.1. The molecular weight excluding hydrogens is 317 g/mol. The van der Waals surface area contributed by atoms with Crippen LogP contribution in [0.25, 0.3) is 0 Å². The number of carbonyl (C=O) groups is 1. The number of hydrogen-bond acceptors (Lipinski definition) is 1. The maximum Gasteiger partial charge on any atom is 0.416 e. The number of hydrogen-bond donors (Lipinski definition) is 2. The number of halogens is 3. The lowest BCUT2D eigenvalue weighted by Crippen LogP contribution is -2.30. The Bertz CT molecular complexity index is 726. The predicted octanol–water partition coefficient (Wildman–Crippen LogP) is 4.69. The minimum atomic E-state index is -4.36. The molecule has 0 unspecified atom stereocenters. The molecule has 2 aromatic carbocycles. The lowest BCUT2D eigenvalue weighted by molar-refractivity contribution is -0.137. The van der Waals surface area contributed by atoms with E-state index in [9.17, 15) is 18.0 Å². The Morgan fingerprint density at radius 1 is 1.08 bits per heavy atom. The van der Waals surface area contributed by atoms with Crippen LogP contribution in [0.4, 0.5) is 23.7 Å². The van der Waals surface area contributed by atoms with E-state index < -0.39 is 11.7 Å². The van der Waals surface area contributed by atoms with E-state index in [0.29, 0.717) is 17.7 Å². The second-order valence-corrected chi connectivity index (χ2v) is 5.65. The van der Waals surface area contributed by atoms with Gasteiger partial charge in [-0.05, 0) is 49.1 Å². The summed E-state index contributed by atoms with van der Waals surface area (Å²) in [5.41, 5.74) is 2.52. The van der Waals surface area contributed by atoms with Crippen molar-refractivity contribution >= 4 is 11.7 Å². The van der Waals surface area contributed by atoms with Crippen molar-refractivity contribution in [3.8, 4) is 0 Å². The second-order valence-electron chi connectivity index (χ2n) is 5.65. The molecule has 0 saturated carbocycles. The first-order valence-corrected chi connectivity index (χ1v) is 7.54. The number of amides is 2. The fourth-order valence-electron chi connectivity index (χ4n) is 2.26. The van der Waals surface area contributed by atoms with Crippen LogP contribution in [0.1, 0.15) is 22.3 Å². The number of nitrogens with one attached hydrogen (secondary N) is 2. The van der Waals surface area contributed by atoms with Gasteiger partial charge in [0.15, 0.2) is 0 Å². The zero-order valence-corrected chi connectivity index (χ0v) is 13.5. The first kappa shape index (κ1) is 17.8. The topological polar surface area (TPSA) is 41.1 Å². The molecule has 0 aliphatic carbocycles. The molecule has 128 valence electrons. The number of anilines is 1. The van der Waals surface area contributed by atoms with Crippen LogP contribution < -0.4 is 10.6 Å². The standard InChI is InChI=1S/C18H19F3N2O/c1-12-6-7-13(2)16(10-12)23-17(24)22-9-8-14-4-3-5-15(11-14)18(19,20)21/h3-7,10-11H,8-9H2,1-2H3,(H2,22,23,24). The van der Waals surface area contributed by atoms with Crippen LogP contribution in [-0.2, 0) is 12.6 Å². The molecule has 2 N–H and O–H groups in total. The average Bonchev–Trinajstić information content (AvgIpc) is 2.50. The smallest absolute Gasteiger partial charge is 0.338 e. The molecule has 0 spiro atoms. The molecule has 0 fully saturated rings. The van der Waals surface area contributed by atoms with Crippen molar-refractivity contribution in [2.75, 3.05) is 11.9 Å². The van der Waals surface area contributed by atoms with Crippen molar-refractivity contribution in [1.82, 2.24) is 5.32 Å². The Kier molecular flexibility index (Phi) is 5.49. The van der Waals surface area contributed by atoms with Gasteiger partial charge in [-0.3, -0.25) is 0 Å². The van der Waals surface area contributed by atoms with Crippen LogP contribution in [0, 0.1) is 13.8 Å². The Hall–Kier alpha value is -2.50. The Morgan fingerprint density at radius 3 is 2.54 bits per heavy atom. The van der Waals surface area contributed by atoms with E-state index in [1.807, 2.05) is 32.0 Å². The molecule has 0 atom stereocenters. The molecule has 0 radical (unpaired) electrons. The quantitative estimate of drug-likeness (QED) is 0.836. The molecule has 2 aromatic rings. The van der Waals surface area contributed by atoms with E-state index in [-0.39, 0.29) is 12.6 Å². The third kappa shape index (κ3) is 5.01. The van der Waals surface area contributed by atoms with Gasteiger partial charge in [-0.15, -0.1) is 0 Å². The summed E-state index contributed by atoms with van der Waals surface area (Å²) in [5, 5.41) is 5.40. The van der Waals surface area contributed by atoms with E-state index in [1.165, 1.54) is 6.07 Å². The average molecular weight is 336 g/mol. The molecule has 6 heteroatoms. The number of carbonyl (C=O) groups excluding carboxylic acids is 1. The number of aryl methyl sites for hydroxylation is 2. The lowest BCUT2D eigenvalue weighted by Gasteiger charge is -2.11. The monoisotopic (exact) mass is 336 g/mol. The number of rotatable bonds is 4. The summed E-state index contributed by atoms with van der Waals surface area (Å²) in [6, 6.07) is 10.5. The SMILES string of the molecule is Cc1ccc(C)c(NC(=O)NCCc2cccc(C(F)(F)F)c2)c1. The maximum atomic E-state index is 12.7. The fraction of sp³-hybridized carbons (Fsp3) is 0.278. The number of alkyl halides is 3. The molecule has 0 aliphatic heterocycles. The van der Waals surface area contributed by atoms with Crippen molar-refractivity contribution in [2.24, 2.45) is 0 Å². The summed E-state index contributed by atoms with van der Waals surface area (Å²) in [4.78, 5) is 11.9. The van der Waals surface area contributed by atoms with Crippen LogP contribution in [0.3, 0.4) is 0 Å². The first-order valence-electron chi connectivity index (χ1n) is 7.54. The van der Waals surface area contributed by atoms with E-state index >= 15 is 0 Å². The minimum Gasteiger partial charge on any atom is -0.338 e. The number of benzene rings is 2. The van der Waals surface area contributed by atoms with Gasteiger partial charge in [0.1, 0.15) is 0 Å². The van der Waals surface area contributed by atoms with Gasteiger partial charge in [0.2, 0.25) is 0 Å². The van der Waals surface area contributed by atoms with Gasteiger partial charge in [-0.2, -0.15) is 13.2 Å². The van der Waals surface area contributed by atoms with Crippen molar-refractivity contribution in [1.29, 1.82) is 0 Å². The van der Waals surface area contributed by atoms with Gasteiger partial charge in [0, 0.05) is 12.2 Å². The highest BCUT2D eigenvalue weighted by Crippen LogP contribution is 2.29. The highest BCUT2D eigenvalue weighted by molar-refractivity contribution is 5.90. The summed E-state index contributed by atoms with van der Waals surface area (Å²) in [6.07, 6.45) is -4.03. The van der Waals surface area contributed by atoms with Crippen molar-refractivity contribution < 1.29 is 18.0 Å². The molecule has 0 heterocycles. The summed E-state index contributed by atoms with van der Waals surface area (Å²) in [6.45, 7) is 4.06. The zero-order chi connectivity index (χ0) is 17.7. The van der Waals surface area contributed by atoms with E-state index in [0.717, 1.165) is 23.3 Å². The van der Waals surface area contributed by atoms with Crippen molar-refractivity contribution in [3.05, 3.63) is 64.7 Å². The summed E-state index contributed by atoms with van der Waals surface area (Å²) >= 11 is 0. The Labute approximate surface area is 138 Å². The Balaban J connectivity index is 1.88. The Morgan fingerprint density at radius 2 is 1.83 bits per heavy atom. The van der Waals surface area contributed by atoms with Gasteiger partial charge in [0.25, 0.3) is 0 Å². The largest absolute Gasteiger partial charge is 0.416 e. The zero-order valence-electron chi connectivity index (χ0n) is 13.5. The van der Waals surface area contributed by atoms with Gasteiger partial charge in [-0.1, -0.05) is 30.3 Å². The van der Waals surface area contributed by atoms with Crippen LogP contribution in [0.15, 0.2) is 42.5 Å². The fourth-order valence-corrected chi connectivity index (χ4v) is 2.26. The second kappa shape index (κ2) is 7.38. The van der Waals surface area contributed by atoms with E-state index in [2.05, 4.69) is 10.6 Å². The maximum absolute atomic E-state index is 12.7. The molecule has 0 bridgehead atoms. The van der Waals surface area contributed by atoms with E-state index in [1.54, 1.807) is 6.07 Å². The summed E-state index contributed by atoms with van der Waals surface area (Å²) in [7, 11) is 0. The molecule has 0 saturated heterocycles. The highest BCUT2D eigenvalue weighted by Gasteiger charge is 2.30. The van der Waals surface area contributed by atoms with Crippen LogP contribution in [0.2, 0.25) is 0 Å². The molecule has 24 heavy (non-hydrogen) atoms. The van der Waals surface area contributed by atoms with Crippen LogP contribution in [0.5, 0.6) is 0 Å². The molecule has 0 aliphatic rings. The number of urea groups is 1. The third-order valence-electron chi connectivity index (χ3n) is 3.59. The van der Waals surface area contributed by atoms with E-state index in [4.69, 9.17) is 0 Å². The molecule has 3 nitrogen and oxygen atoms in total. The van der Waals surface area contributed by atoms with Gasteiger partial charge < -0.3 is 10.6 Å². The van der Waals surface area contributed by atoms with Crippen molar-refractivity contribution in [2.45, 2.75) is 26.4 Å². The summed E-state index contributed by atoms with van der Waals surface area (Å²) < 4.78 is 38.0. The molecular formula is C18H19F3N2O. The highest BCUT2D eigenvalue weighted by atomic mass is 19.4. The van der Waals surface area contributed by atoms with Gasteiger partial charge in [-0.25, -0.2) is 4.79 Å². The molecule has 0 aromatic heterocycles. The molecule has 2 rings (SSSR count). The third-order valence-corrected chi connectivity index (χ3v) is 3.59. The minimum absolute atomic E-state index is 0.248. The van der Waals surface area contributed by atoms with Gasteiger partial charge in [0.05, 0.1) is 5.56 Å². The first-order chi connectivity index (χ1) is 11.3. The molecule has 2 amide bonds. The van der Waals surface area contributed by atoms with Crippen LogP contribution in [-0.4, -0.2) is 12.6 Å². The van der Waals surface area contributed by atoms with Crippen molar-refractivity contribution in [3.63, 3.8) is 0 Å². The van der Waals surface area contributed by atoms with Crippen LogP contribution >= 0.6 is 0 Å². The predicted molar refractivity (Wildman–Crippen MR) is 88.1 cm³/mol. The van der Waals surface area contributed by atoms with Gasteiger partial charge >= 0.3 is 12.2 Å².